The van der Waals surface area contributed by atoms with Gasteiger partial charge in [-0.1, -0.05) is 12.2 Å². The molecule has 1 aliphatic carbocycles. The van der Waals surface area contributed by atoms with Gasteiger partial charge in [0.25, 0.3) is 0 Å². The summed E-state index contributed by atoms with van der Waals surface area (Å²) >= 11 is 0. The molecule has 4 heteroatoms. The second kappa shape index (κ2) is 2.33. The number of esters is 1. The predicted octanol–water partition coefficient (Wildman–Crippen LogP) is -0.192. The molecule has 0 aromatic carbocycles. The Labute approximate surface area is 69.6 Å². The molecule has 1 fully saturated rings. The lowest BCUT2D eigenvalue weighted by Crippen LogP contribution is -2.33. The second-order valence-corrected chi connectivity index (χ2v) is 3.03. The minimum Gasteiger partial charge on any atom is -0.441 e. The van der Waals surface area contributed by atoms with Crippen LogP contribution in [0, 0.1) is 11.8 Å². The van der Waals surface area contributed by atoms with Crippen molar-refractivity contribution in [2.24, 2.45) is 11.8 Å². The molecule has 4 nitrogen and oxygen atoms in total. The van der Waals surface area contributed by atoms with Gasteiger partial charge in [-0.05, 0) is 0 Å². The van der Waals surface area contributed by atoms with Crippen LogP contribution in [0.3, 0.4) is 0 Å². The molecule has 0 aromatic rings. The van der Waals surface area contributed by atoms with Gasteiger partial charge in [-0.2, -0.15) is 0 Å². The summed E-state index contributed by atoms with van der Waals surface area (Å²) in [5.74, 6) is -0.425. The van der Waals surface area contributed by atoms with Crippen LogP contribution in [-0.2, 0) is 14.3 Å². The monoisotopic (exact) mass is 167 g/mol. The van der Waals surface area contributed by atoms with Crippen molar-refractivity contribution in [1.29, 1.82) is 0 Å². The van der Waals surface area contributed by atoms with Gasteiger partial charge in [-0.25, -0.2) is 0 Å². The Morgan fingerprint density at radius 1 is 1.58 bits per heavy atom. The molecule has 1 unspecified atom stereocenters. The van der Waals surface area contributed by atoms with E-state index in [2.05, 4.69) is 5.32 Å². The molecule has 0 radical (unpaired) electrons. The molecule has 0 aromatic heterocycles. The molecule has 1 heterocycles. The summed E-state index contributed by atoms with van der Waals surface area (Å²) in [5, 5.41) is 2.60. The Bertz CT molecular complexity index is 271. The van der Waals surface area contributed by atoms with Gasteiger partial charge in [-0.15, -0.1) is 0 Å². The maximum atomic E-state index is 11.1. The molecule has 1 saturated heterocycles. The minimum atomic E-state index is -0.440. The van der Waals surface area contributed by atoms with Crippen molar-refractivity contribution in [2.75, 3.05) is 0 Å². The number of hydrogen-bond donors (Lipinski definition) is 1. The van der Waals surface area contributed by atoms with E-state index in [0.717, 1.165) is 0 Å². The maximum absolute atomic E-state index is 11.1. The van der Waals surface area contributed by atoms with E-state index < -0.39 is 6.23 Å². The summed E-state index contributed by atoms with van der Waals surface area (Å²) in [6.07, 6.45) is 3.27. The van der Waals surface area contributed by atoms with Crippen LogP contribution in [0.5, 0.6) is 0 Å². The van der Waals surface area contributed by atoms with Gasteiger partial charge in [0.1, 0.15) is 0 Å². The molecular weight excluding hydrogens is 158 g/mol. The first kappa shape index (κ1) is 7.34. The SMILES string of the molecule is CC(=O)OC1NC(=O)[C@H]2C=C[C@@H]12. The minimum absolute atomic E-state index is 0.0475. The van der Waals surface area contributed by atoms with Crippen molar-refractivity contribution in [1.82, 2.24) is 5.32 Å². The van der Waals surface area contributed by atoms with Gasteiger partial charge in [0.05, 0.1) is 5.92 Å². The molecule has 64 valence electrons. The van der Waals surface area contributed by atoms with E-state index >= 15 is 0 Å². The van der Waals surface area contributed by atoms with Crippen LogP contribution < -0.4 is 5.32 Å². The zero-order valence-corrected chi connectivity index (χ0v) is 6.61. The van der Waals surface area contributed by atoms with Crippen LogP contribution >= 0.6 is 0 Å². The first-order chi connectivity index (χ1) is 5.68. The van der Waals surface area contributed by atoms with Crippen LogP contribution in [0.1, 0.15) is 6.92 Å². The van der Waals surface area contributed by atoms with Crippen molar-refractivity contribution in [2.45, 2.75) is 13.2 Å². The van der Waals surface area contributed by atoms with Gasteiger partial charge in [0.15, 0.2) is 6.23 Å². The van der Waals surface area contributed by atoms with Gasteiger partial charge >= 0.3 is 5.97 Å². The zero-order valence-electron chi connectivity index (χ0n) is 6.61. The number of rotatable bonds is 1. The van der Waals surface area contributed by atoms with Crippen molar-refractivity contribution < 1.29 is 14.3 Å². The topological polar surface area (TPSA) is 55.4 Å². The maximum Gasteiger partial charge on any atom is 0.304 e. The first-order valence-corrected chi connectivity index (χ1v) is 3.84. The summed E-state index contributed by atoms with van der Waals surface area (Å²) in [6.45, 7) is 1.34. The van der Waals surface area contributed by atoms with E-state index in [1.165, 1.54) is 6.92 Å². The van der Waals surface area contributed by atoms with Gasteiger partial charge < -0.3 is 10.1 Å². The van der Waals surface area contributed by atoms with Crippen molar-refractivity contribution >= 4 is 11.9 Å². The highest BCUT2D eigenvalue weighted by atomic mass is 16.6. The molecule has 0 saturated carbocycles. The van der Waals surface area contributed by atoms with Crippen molar-refractivity contribution in [3.63, 3.8) is 0 Å². The Morgan fingerprint density at radius 2 is 2.33 bits per heavy atom. The zero-order chi connectivity index (χ0) is 8.72. The number of amides is 1. The molecule has 1 amide bonds. The average molecular weight is 167 g/mol. The molecule has 1 N–H and O–H groups in total. The van der Waals surface area contributed by atoms with Crippen LogP contribution in [0.15, 0.2) is 12.2 Å². The summed E-state index contributed by atoms with van der Waals surface area (Å²) < 4.78 is 4.89. The highest BCUT2D eigenvalue weighted by Gasteiger charge is 2.45. The first-order valence-electron chi connectivity index (χ1n) is 3.84. The third-order valence-electron chi connectivity index (χ3n) is 2.19. The number of hydrogen-bond acceptors (Lipinski definition) is 3. The van der Waals surface area contributed by atoms with Crippen LogP contribution in [0.2, 0.25) is 0 Å². The second-order valence-electron chi connectivity index (χ2n) is 3.03. The van der Waals surface area contributed by atoms with E-state index in [9.17, 15) is 9.59 Å². The van der Waals surface area contributed by atoms with Gasteiger partial charge in [0.2, 0.25) is 5.91 Å². The number of fused-ring (bicyclic) bond motifs is 1. The Morgan fingerprint density at radius 3 is 2.75 bits per heavy atom. The number of carbonyl (C=O) groups is 2. The van der Waals surface area contributed by atoms with E-state index in [0.29, 0.717) is 0 Å². The molecule has 0 bridgehead atoms. The van der Waals surface area contributed by atoms with Crippen LogP contribution in [0.25, 0.3) is 0 Å². The predicted molar refractivity (Wildman–Crippen MR) is 39.8 cm³/mol. The number of ether oxygens (including phenoxy) is 1. The largest absolute Gasteiger partial charge is 0.441 e. The fourth-order valence-electron chi connectivity index (χ4n) is 1.52. The molecule has 0 spiro atoms. The average Bonchev–Trinajstić information content (AvgIpc) is 1.98. The lowest BCUT2D eigenvalue weighted by atomic mass is 9.84. The third-order valence-corrected chi connectivity index (χ3v) is 2.19. The van der Waals surface area contributed by atoms with E-state index in [-0.39, 0.29) is 23.7 Å². The number of nitrogens with one attached hydrogen (secondary N) is 1. The highest BCUT2D eigenvalue weighted by Crippen LogP contribution is 2.34. The highest BCUT2D eigenvalue weighted by molar-refractivity contribution is 5.86. The number of carbonyl (C=O) groups excluding carboxylic acids is 2. The molecular formula is C8H9NO3. The smallest absolute Gasteiger partial charge is 0.304 e. The normalized spacial score (nSPS) is 36.8. The standard InChI is InChI=1S/C8H9NO3/c1-4(10)12-8-6-3-2-5(6)7(11)9-8/h2-3,5-6,8H,1H3,(H,9,11)/t5-,6+,8?/m0/s1. The molecule has 12 heavy (non-hydrogen) atoms. The summed E-state index contributed by atoms with van der Waals surface area (Å²) in [7, 11) is 0. The Balaban J connectivity index is 2.06. The van der Waals surface area contributed by atoms with E-state index in [4.69, 9.17) is 4.74 Å². The third kappa shape index (κ3) is 0.913. The van der Waals surface area contributed by atoms with Crippen molar-refractivity contribution in [3.8, 4) is 0 Å². The van der Waals surface area contributed by atoms with Crippen molar-refractivity contribution in [3.05, 3.63) is 12.2 Å². The summed E-state index contributed by atoms with van der Waals surface area (Å²) in [6, 6.07) is 0. The summed E-state index contributed by atoms with van der Waals surface area (Å²) in [5.41, 5.74) is 0. The molecule has 3 atom stereocenters. The lowest BCUT2D eigenvalue weighted by Gasteiger charge is -2.22. The quantitative estimate of drug-likeness (QED) is 0.435. The molecule has 2 rings (SSSR count). The lowest BCUT2D eigenvalue weighted by molar-refractivity contribution is -0.149. The van der Waals surface area contributed by atoms with E-state index in [1.807, 2.05) is 12.2 Å². The van der Waals surface area contributed by atoms with Crippen LogP contribution in [0.4, 0.5) is 0 Å². The Hall–Kier alpha value is -1.32. The van der Waals surface area contributed by atoms with Gasteiger partial charge in [-0.3, -0.25) is 9.59 Å². The van der Waals surface area contributed by atoms with Gasteiger partial charge in [0, 0.05) is 12.8 Å². The Kier molecular flexibility index (Phi) is 1.43. The molecule has 1 aliphatic heterocycles. The molecule has 2 aliphatic rings. The van der Waals surface area contributed by atoms with Crippen LogP contribution in [-0.4, -0.2) is 18.1 Å². The summed E-state index contributed by atoms with van der Waals surface area (Å²) in [4.78, 5) is 21.7. The fourth-order valence-corrected chi connectivity index (χ4v) is 1.52. The van der Waals surface area contributed by atoms with E-state index in [1.54, 1.807) is 0 Å². The fraction of sp³-hybridized carbons (Fsp3) is 0.500.